The highest BCUT2D eigenvalue weighted by Crippen LogP contribution is 2.63. The van der Waals surface area contributed by atoms with Crippen molar-refractivity contribution < 1.29 is 9.94 Å². The molecule has 0 spiro atoms. The van der Waals surface area contributed by atoms with Gasteiger partial charge in [0.25, 0.3) is 0 Å². The summed E-state index contributed by atoms with van der Waals surface area (Å²) < 4.78 is 0. The first-order valence-corrected chi connectivity index (χ1v) is 11.3. The molecule has 1 aliphatic heterocycles. The minimum absolute atomic E-state index is 0.153. The Morgan fingerprint density at radius 2 is 1.86 bits per heavy atom. The van der Waals surface area contributed by atoms with E-state index >= 15 is 0 Å². The molecule has 5 nitrogen and oxygen atoms in total. The lowest BCUT2D eigenvalue weighted by molar-refractivity contribution is 0.0167. The molecular formula is C23H34ClN3O2. The highest BCUT2D eigenvalue weighted by atomic mass is 35.5. The van der Waals surface area contributed by atoms with Crippen molar-refractivity contribution in [1.82, 2.24) is 4.90 Å². The van der Waals surface area contributed by atoms with Crippen LogP contribution in [0.4, 0.5) is 5.69 Å². The number of halogens is 1. The van der Waals surface area contributed by atoms with E-state index in [1.807, 2.05) is 12.1 Å². The van der Waals surface area contributed by atoms with Gasteiger partial charge in [-0.25, -0.2) is 0 Å². The quantitative estimate of drug-likeness (QED) is 0.707. The van der Waals surface area contributed by atoms with Gasteiger partial charge >= 0.3 is 0 Å². The van der Waals surface area contributed by atoms with E-state index in [2.05, 4.69) is 47.9 Å². The van der Waals surface area contributed by atoms with Crippen molar-refractivity contribution in [2.24, 2.45) is 21.9 Å². The van der Waals surface area contributed by atoms with Crippen LogP contribution in [-0.4, -0.2) is 61.2 Å². The average molecular weight is 420 g/mol. The first kappa shape index (κ1) is 21.0. The molecule has 4 rings (SSSR count). The number of hydrogen-bond donors (Lipinski definition) is 1. The molecule has 0 amide bonds. The van der Waals surface area contributed by atoms with Gasteiger partial charge in [0.05, 0.1) is 5.71 Å². The zero-order valence-corrected chi connectivity index (χ0v) is 18.7. The maximum Gasteiger partial charge on any atom is 0.144 e. The van der Waals surface area contributed by atoms with Gasteiger partial charge in [0.1, 0.15) is 12.7 Å². The van der Waals surface area contributed by atoms with E-state index in [-0.39, 0.29) is 12.0 Å². The second-order valence-corrected chi connectivity index (χ2v) is 10.2. The average Bonchev–Trinajstić information content (AvgIpc) is 3.03. The van der Waals surface area contributed by atoms with Crippen LogP contribution < -0.4 is 4.90 Å². The Bertz CT molecular complexity index is 743. The highest BCUT2D eigenvalue weighted by Gasteiger charge is 2.60. The minimum Gasteiger partial charge on any atom is -0.393 e. The molecule has 160 valence electrons. The fourth-order valence-electron chi connectivity index (χ4n) is 5.46. The topological polar surface area (TPSA) is 48.3 Å². The Labute approximate surface area is 179 Å². The maximum absolute atomic E-state index is 10.4. The van der Waals surface area contributed by atoms with Gasteiger partial charge in [-0.2, -0.15) is 0 Å². The van der Waals surface area contributed by atoms with Crippen LogP contribution in [0.25, 0.3) is 0 Å². The number of fused-ring (bicyclic) bond motifs is 2. The van der Waals surface area contributed by atoms with E-state index in [0.29, 0.717) is 12.0 Å². The molecule has 1 N–H and O–H groups in total. The number of oxime groups is 1. The lowest BCUT2D eigenvalue weighted by Crippen LogP contribution is -2.49. The van der Waals surface area contributed by atoms with Crippen LogP contribution in [0.3, 0.4) is 0 Å². The van der Waals surface area contributed by atoms with Crippen LogP contribution in [-0.2, 0) is 4.84 Å². The fourth-order valence-corrected chi connectivity index (χ4v) is 5.59. The van der Waals surface area contributed by atoms with Gasteiger partial charge in [-0.15, -0.1) is 0 Å². The normalized spacial score (nSPS) is 31.4. The van der Waals surface area contributed by atoms with Gasteiger partial charge in [0.2, 0.25) is 0 Å². The summed E-state index contributed by atoms with van der Waals surface area (Å²) in [7, 11) is 0. The Balaban J connectivity index is 1.21. The number of nitrogens with zero attached hydrogens (tertiary/aromatic N) is 3. The van der Waals surface area contributed by atoms with Crippen LogP contribution in [0.5, 0.6) is 0 Å². The van der Waals surface area contributed by atoms with Crippen molar-refractivity contribution in [3.63, 3.8) is 0 Å². The number of β-amino-alcohol motifs (C(OH)–C–C–N with tert-alkyl or cyclic N) is 1. The molecule has 1 aromatic rings. The monoisotopic (exact) mass is 419 g/mol. The van der Waals surface area contributed by atoms with Crippen molar-refractivity contribution >= 4 is 23.0 Å². The summed E-state index contributed by atoms with van der Waals surface area (Å²) in [5.41, 5.74) is 2.86. The third kappa shape index (κ3) is 4.01. The zero-order chi connectivity index (χ0) is 20.6. The first-order chi connectivity index (χ1) is 13.8. The maximum atomic E-state index is 10.4. The van der Waals surface area contributed by atoms with Crippen LogP contribution in [0, 0.1) is 16.7 Å². The van der Waals surface area contributed by atoms with Gasteiger partial charge in [-0.1, -0.05) is 37.5 Å². The summed E-state index contributed by atoms with van der Waals surface area (Å²) in [6, 6.07) is 8.00. The van der Waals surface area contributed by atoms with E-state index in [1.54, 1.807) is 0 Å². The SMILES string of the molecule is CC1(C)[C@H]2CC[C@]1(C)/C(=N/OCC(O)CN1CCN(c3ccc(Cl)cc3)CC1)C2. The predicted octanol–water partition coefficient (Wildman–Crippen LogP) is 4.04. The predicted molar refractivity (Wildman–Crippen MR) is 119 cm³/mol. The number of benzene rings is 1. The molecule has 2 bridgehead atoms. The molecule has 6 heteroatoms. The Morgan fingerprint density at radius 1 is 1.17 bits per heavy atom. The van der Waals surface area contributed by atoms with Gasteiger partial charge in [0.15, 0.2) is 0 Å². The number of rotatable bonds is 6. The second kappa shape index (κ2) is 8.09. The van der Waals surface area contributed by atoms with Gasteiger partial charge in [-0.05, 0) is 54.9 Å². The molecule has 1 aromatic carbocycles. The van der Waals surface area contributed by atoms with Crippen LogP contribution in [0.1, 0.15) is 40.0 Å². The molecule has 1 unspecified atom stereocenters. The zero-order valence-electron chi connectivity index (χ0n) is 17.9. The third-order valence-electron chi connectivity index (χ3n) is 7.99. The summed E-state index contributed by atoms with van der Waals surface area (Å²) in [6.07, 6.45) is 3.04. The van der Waals surface area contributed by atoms with Crippen molar-refractivity contribution in [2.45, 2.75) is 46.1 Å². The molecule has 3 aliphatic rings. The van der Waals surface area contributed by atoms with E-state index in [0.717, 1.165) is 43.5 Å². The molecule has 1 saturated heterocycles. The molecule has 1 heterocycles. The highest BCUT2D eigenvalue weighted by molar-refractivity contribution is 6.30. The molecule has 29 heavy (non-hydrogen) atoms. The van der Waals surface area contributed by atoms with Crippen molar-refractivity contribution in [3.05, 3.63) is 29.3 Å². The summed E-state index contributed by atoms with van der Waals surface area (Å²) in [5, 5.41) is 15.7. The van der Waals surface area contributed by atoms with E-state index < -0.39 is 6.10 Å². The number of anilines is 1. The fraction of sp³-hybridized carbons (Fsp3) is 0.696. The Hall–Kier alpha value is -1.30. The molecule has 2 saturated carbocycles. The Morgan fingerprint density at radius 3 is 2.45 bits per heavy atom. The van der Waals surface area contributed by atoms with Gasteiger partial charge in [-0.3, -0.25) is 4.90 Å². The molecule has 2 aliphatic carbocycles. The van der Waals surface area contributed by atoms with Crippen molar-refractivity contribution in [3.8, 4) is 0 Å². The molecule has 0 aromatic heterocycles. The lowest BCUT2D eigenvalue weighted by Gasteiger charge is -2.36. The molecule has 3 fully saturated rings. The summed E-state index contributed by atoms with van der Waals surface area (Å²) in [4.78, 5) is 10.3. The lowest BCUT2D eigenvalue weighted by atomic mass is 9.70. The smallest absolute Gasteiger partial charge is 0.144 e. The summed E-state index contributed by atoms with van der Waals surface area (Å²) in [5.74, 6) is 0.719. The van der Waals surface area contributed by atoms with Gasteiger partial charge in [0, 0.05) is 48.8 Å². The van der Waals surface area contributed by atoms with Crippen molar-refractivity contribution in [1.29, 1.82) is 0 Å². The minimum atomic E-state index is -0.513. The van der Waals surface area contributed by atoms with Crippen LogP contribution in [0.2, 0.25) is 5.02 Å². The van der Waals surface area contributed by atoms with E-state index in [4.69, 9.17) is 16.4 Å². The number of piperazine rings is 1. The number of aliphatic hydroxyl groups excluding tert-OH is 1. The number of hydrogen-bond acceptors (Lipinski definition) is 5. The van der Waals surface area contributed by atoms with Gasteiger partial charge < -0.3 is 14.8 Å². The van der Waals surface area contributed by atoms with Crippen molar-refractivity contribution in [2.75, 3.05) is 44.2 Å². The largest absolute Gasteiger partial charge is 0.393 e. The molecular weight excluding hydrogens is 386 g/mol. The summed E-state index contributed by atoms with van der Waals surface area (Å²) >= 11 is 5.98. The van der Waals surface area contributed by atoms with Crippen LogP contribution in [0.15, 0.2) is 29.4 Å². The third-order valence-corrected chi connectivity index (χ3v) is 8.24. The first-order valence-electron chi connectivity index (χ1n) is 10.9. The summed E-state index contributed by atoms with van der Waals surface area (Å²) in [6.45, 7) is 11.7. The standard InChI is InChI=1S/C23H34ClN3O2/c1-22(2)17-8-9-23(22,3)21(14-17)25-29-16-20(28)15-26-10-12-27(13-11-26)19-6-4-18(24)5-7-19/h4-7,17,20,28H,8-16H2,1-3H3/b25-21+/t17-,20?,23+/m0/s1. The molecule has 0 radical (unpaired) electrons. The van der Waals surface area contributed by atoms with Crippen LogP contribution >= 0.6 is 11.6 Å². The number of aliphatic hydroxyl groups is 1. The van der Waals surface area contributed by atoms with E-state index in [1.165, 1.54) is 24.2 Å². The Kier molecular flexibility index (Phi) is 5.84. The second-order valence-electron chi connectivity index (χ2n) is 9.75. The molecule has 3 atom stereocenters. The van der Waals surface area contributed by atoms with E-state index in [9.17, 15) is 5.11 Å².